The molecule has 0 aliphatic heterocycles. The molecular formula is C26H43N5O6. The van der Waals surface area contributed by atoms with Gasteiger partial charge in [0.1, 0.15) is 23.9 Å². The van der Waals surface area contributed by atoms with Crippen molar-refractivity contribution in [1.29, 1.82) is 0 Å². The van der Waals surface area contributed by atoms with Crippen molar-refractivity contribution in [2.24, 2.45) is 23.3 Å². The molecule has 0 saturated carbocycles. The van der Waals surface area contributed by atoms with Crippen LogP contribution in [0.25, 0.3) is 0 Å². The Labute approximate surface area is 218 Å². The fourth-order valence-electron chi connectivity index (χ4n) is 3.66. The summed E-state index contributed by atoms with van der Waals surface area (Å²) in [5, 5.41) is 27.0. The summed E-state index contributed by atoms with van der Waals surface area (Å²) in [6, 6.07) is 2.17. The Bertz CT molecular complexity index is 892. The van der Waals surface area contributed by atoms with Crippen LogP contribution in [0.15, 0.2) is 24.3 Å². The maximum absolute atomic E-state index is 13.3. The van der Waals surface area contributed by atoms with Crippen LogP contribution >= 0.6 is 0 Å². The topological polar surface area (TPSA) is 197 Å². The van der Waals surface area contributed by atoms with Gasteiger partial charge in [-0.3, -0.25) is 14.4 Å². The number of benzene rings is 1. The Hall–Kier alpha value is -3.18. The van der Waals surface area contributed by atoms with Gasteiger partial charge in [-0.1, -0.05) is 46.2 Å². The summed E-state index contributed by atoms with van der Waals surface area (Å²) in [5.41, 5.74) is 12.2. The molecule has 0 aliphatic rings. The number of carboxylic acids is 1. The van der Waals surface area contributed by atoms with Crippen LogP contribution in [0.3, 0.4) is 0 Å². The second-order valence-electron chi connectivity index (χ2n) is 9.76. The molecule has 1 aromatic rings. The molecule has 37 heavy (non-hydrogen) atoms. The molecule has 0 spiro atoms. The number of hydrogen-bond acceptors (Lipinski definition) is 7. The minimum absolute atomic E-state index is 0.0589. The lowest BCUT2D eigenvalue weighted by molar-refractivity contribution is -0.142. The maximum Gasteiger partial charge on any atom is 0.326 e. The lowest BCUT2D eigenvalue weighted by atomic mass is 9.97. The van der Waals surface area contributed by atoms with Gasteiger partial charge in [-0.15, -0.1) is 0 Å². The molecule has 0 heterocycles. The van der Waals surface area contributed by atoms with Gasteiger partial charge < -0.3 is 37.6 Å². The molecule has 3 amide bonds. The predicted octanol–water partition coefficient (Wildman–Crippen LogP) is 0.632. The zero-order chi connectivity index (χ0) is 28.1. The van der Waals surface area contributed by atoms with E-state index in [4.69, 9.17) is 11.5 Å². The van der Waals surface area contributed by atoms with Crippen LogP contribution in [0.2, 0.25) is 0 Å². The number of phenolic OH excluding ortho intramolecular Hbond substituents is 1. The number of nitrogens with one attached hydrogen (secondary N) is 3. The van der Waals surface area contributed by atoms with Crippen molar-refractivity contribution in [3.8, 4) is 5.75 Å². The van der Waals surface area contributed by atoms with Crippen LogP contribution in [-0.4, -0.2) is 64.6 Å². The zero-order valence-electron chi connectivity index (χ0n) is 22.2. The molecule has 5 atom stereocenters. The predicted molar refractivity (Wildman–Crippen MR) is 140 cm³/mol. The highest BCUT2D eigenvalue weighted by Crippen LogP contribution is 2.13. The molecule has 9 N–H and O–H groups in total. The third kappa shape index (κ3) is 10.8. The highest BCUT2D eigenvalue weighted by molar-refractivity contribution is 5.94. The van der Waals surface area contributed by atoms with E-state index in [2.05, 4.69) is 16.0 Å². The average Bonchev–Trinajstić information content (AvgIpc) is 2.85. The van der Waals surface area contributed by atoms with Crippen LogP contribution in [-0.2, 0) is 25.6 Å². The van der Waals surface area contributed by atoms with Crippen molar-refractivity contribution in [1.82, 2.24) is 16.0 Å². The molecule has 1 rings (SSSR count). The molecule has 0 aromatic heterocycles. The maximum atomic E-state index is 13.3. The minimum atomic E-state index is -1.17. The molecule has 0 aliphatic carbocycles. The van der Waals surface area contributed by atoms with Gasteiger partial charge in [0.2, 0.25) is 17.7 Å². The molecule has 11 heteroatoms. The molecule has 0 bridgehead atoms. The van der Waals surface area contributed by atoms with Gasteiger partial charge in [-0.2, -0.15) is 0 Å². The molecule has 0 radical (unpaired) electrons. The lowest BCUT2D eigenvalue weighted by Gasteiger charge is -2.28. The van der Waals surface area contributed by atoms with E-state index >= 15 is 0 Å². The number of aliphatic carboxylic acids is 1. The molecule has 11 nitrogen and oxygen atoms in total. The van der Waals surface area contributed by atoms with Crippen molar-refractivity contribution in [2.75, 3.05) is 6.54 Å². The van der Waals surface area contributed by atoms with Crippen molar-refractivity contribution in [2.45, 2.75) is 84.0 Å². The van der Waals surface area contributed by atoms with Crippen molar-refractivity contribution in [3.05, 3.63) is 29.8 Å². The fraction of sp³-hybridized carbons (Fsp3) is 0.615. The van der Waals surface area contributed by atoms with E-state index in [0.29, 0.717) is 31.4 Å². The number of carbonyl (C=O) groups is 4. The fourth-order valence-corrected chi connectivity index (χ4v) is 3.66. The number of unbranched alkanes of at least 4 members (excludes halogenated alkanes) is 1. The normalized spacial score (nSPS) is 15.2. The van der Waals surface area contributed by atoms with Gasteiger partial charge in [0.15, 0.2) is 0 Å². The number of hydrogen-bond donors (Lipinski definition) is 7. The van der Waals surface area contributed by atoms with E-state index in [1.165, 1.54) is 12.1 Å². The van der Waals surface area contributed by atoms with E-state index in [1.54, 1.807) is 26.0 Å². The van der Waals surface area contributed by atoms with Crippen LogP contribution in [0.1, 0.15) is 58.9 Å². The number of carboxylic acid groups (broad SMARTS) is 1. The smallest absolute Gasteiger partial charge is 0.326 e. The van der Waals surface area contributed by atoms with Crippen LogP contribution in [0.4, 0.5) is 0 Å². The first-order valence-corrected chi connectivity index (χ1v) is 12.8. The van der Waals surface area contributed by atoms with Crippen LogP contribution < -0.4 is 27.4 Å². The van der Waals surface area contributed by atoms with E-state index in [-0.39, 0.29) is 30.4 Å². The number of carbonyl (C=O) groups excluding carboxylic acids is 3. The van der Waals surface area contributed by atoms with E-state index in [1.807, 2.05) is 13.8 Å². The summed E-state index contributed by atoms with van der Waals surface area (Å²) >= 11 is 0. The second kappa shape index (κ2) is 15.8. The number of phenols is 1. The number of amides is 3. The zero-order valence-corrected chi connectivity index (χ0v) is 22.2. The van der Waals surface area contributed by atoms with Gasteiger partial charge >= 0.3 is 5.97 Å². The Balaban J connectivity index is 3.08. The van der Waals surface area contributed by atoms with Crippen LogP contribution in [0.5, 0.6) is 5.75 Å². The number of nitrogens with two attached hydrogens (primary N) is 2. The van der Waals surface area contributed by atoms with Gasteiger partial charge in [-0.05, 0) is 55.3 Å². The monoisotopic (exact) mass is 521 g/mol. The molecule has 0 saturated heterocycles. The van der Waals surface area contributed by atoms with E-state index in [0.717, 1.165) is 0 Å². The third-order valence-electron chi connectivity index (χ3n) is 6.38. The summed E-state index contributed by atoms with van der Waals surface area (Å²) < 4.78 is 0. The molecule has 5 unspecified atom stereocenters. The standard InChI is InChI=1S/C26H43N5O6/c1-5-16(4)21(28)24(34)30-20(14-17-9-11-18(32)12-10-17)23(33)31-22(15(2)3)25(35)29-19(26(36)37)8-6-7-13-27/h9-12,15-16,19-22,32H,5-8,13-14,27-28H2,1-4H3,(H,29,35)(H,30,34)(H,31,33)(H,36,37). The number of aromatic hydroxyl groups is 1. The molecular weight excluding hydrogens is 478 g/mol. The SMILES string of the molecule is CCC(C)C(N)C(=O)NC(Cc1ccc(O)cc1)C(=O)NC(C(=O)NC(CCCCN)C(=O)O)C(C)C. The first-order valence-electron chi connectivity index (χ1n) is 12.8. The Morgan fingerprint density at radius 1 is 0.892 bits per heavy atom. The van der Waals surface area contributed by atoms with Crippen LogP contribution in [0, 0.1) is 11.8 Å². The first kappa shape index (κ1) is 31.8. The van der Waals surface area contributed by atoms with E-state index < -0.39 is 47.9 Å². The minimum Gasteiger partial charge on any atom is -0.508 e. The summed E-state index contributed by atoms with van der Waals surface area (Å²) in [4.78, 5) is 50.8. The Kier molecular flexibility index (Phi) is 13.6. The summed E-state index contributed by atoms with van der Waals surface area (Å²) in [6.45, 7) is 7.61. The first-order chi connectivity index (χ1) is 17.4. The van der Waals surface area contributed by atoms with Gasteiger partial charge in [0.05, 0.1) is 6.04 Å². The average molecular weight is 522 g/mol. The quantitative estimate of drug-likeness (QED) is 0.154. The van der Waals surface area contributed by atoms with Crippen molar-refractivity contribution in [3.63, 3.8) is 0 Å². The third-order valence-corrected chi connectivity index (χ3v) is 6.38. The number of rotatable bonds is 16. The summed E-state index contributed by atoms with van der Waals surface area (Å²) in [6.07, 6.45) is 2.14. The van der Waals surface area contributed by atoms with E-state index in [9.17, 15) is 29.4 Å². The molecule has 1 aromatic carbocycles. The second-order valence-corrected chi connectivity index (χ2v) is 9.76. The van der Waals surface area contributed by atoms with Gasteiger partial charge in [0, 0.05) is 6.42 Å². The molecule has 0 fully saturated rings. The van der Waals surface area contributed by atoms with Gasteiger partial charge in [0.25, 0.3) is 0 Å². The van der Waals surface area contributed by atoms with Gasteiger partial charge in [-0.25, -0.2) is 4.79 Å². The van der Waals surface area contributed by atoms with Crippen molar-refractivity contribution >= 4 is 23.7 Å². The summed E-state index contributed by atoms with van der Waals surface area (Å²) in [5.74, 6) is -3.33. The summed E-state index contributed by atoms with van der Waals surface area (Å²) in [7, 11) is 0. The highest BCUT2D eigenvalue weighted by atomic mass is 16.4. The Morgan fingerprint density at radius 2 is 1.49 bits per heavy atom. The largest absolute Gasteiger partial charge is 0.508 e. The lowest BCUT2D eigenvalue weighted by Crippen LogP contribution is -2.59. The Morgan fingerprint density at radius 3 is 2.00 bits per heavy atom. The molecule has 208 valence electrons. The van der Waals surface area contributed by atoms with Crippen molar-refractivity contribution < 1.29 is 29.4 Å². The highest BCUT2D eigenvalue weighted by Gasteiger charge is 2.32.